The predicted molar refractivity (Wildman–Crippen MR) is 69.6 cm³/mol. The molecular weight excluding hydrogens is 257 g/mol. The number of hydrogen-bond donors (Lipinski definition) is 1. The molecule has 4 heteroatoms. The molecule has 0 aliphatic heterocycles. The predicted octanol–water partition coefficient (Wildman–Crippen LogP) is 3.31. The Balaban J connectivity index is 1.71. The Morgan fingerprint density at radius 2 is 2.00 bits per heavy atom. The first kappa shape index (κ1) is 11.4. The summed E-state index contributed by atoms with van der Waals surface area (Å²) in [5.41, 5.74) is 3.60. The molecule has 2 aliphatic rings. The highest BCUT2D eigenvalue weighted by molar-refractivity contribution is 6.52. The number of rotatable bonds is 2. The minimum absolute atomic E-state index is 0.0760. The number of hydrogen-bond acceptors (Lipinski definition) is 1. The van der Waals surface area contributed by atoms with E-state index in [1.54, 1.807) is 0 Å². The van der Waals surface area contributed by atoms with Gasteiger partial charge in [0.2, 0.25) is 5.91 Å². The van der Waals surface area contributed by atoms with Crippen LogP contribution in [0.15, 0.2) is 18.2 Å². The number of amides is 1. The normalized spacial score (nSPS) is 24.2. The number of fused-ring (bicyclic) bond motifs is 1. The van der Waals surface area contributed by atoms with Gasteiger partial charge < -0.3 is 5.32 Å². The molecule has 90 valence electrons. The lowest BCUT2D eigenvalue weighted by Gasteiger charge is -2.07. The van der Waals surface area contributed by atoms with Gasteiger partial charge in [0.15, 0.2) is 0 Å². The number of halogens is 2. The van der Waals surface area contributed by atoms with Crippen molar-refractivity contribution in [1.29, 1.82) is 0 Å². The lowest BCUT2D eigenvalue weighted by molar-refractivity contribution is -0.117. The highest BCUT2D eigenvalue weighted by Gasteiger charge is 2.56. The van der Waals surface area contributed by atoms with Crippen LogP contribution >= 0.6 is 23.2 Å². The molecule has 1 aromatic rings. The van der Waals surface area contributed by atoms with Crippen LogP contribution in [0.5, 0.6) is 0 Å². The van der Waals surface area contributed by atoms with Gasteiger partial charge in [-0.1, -0.05) is 6.07 Å². The van der Waals surface area contributed by atoms with Gasteiger partial charge in [-0.15, -0.1) is 23.2 Å². The molecule has 1 N–H and O–H groups in total. The van der Waals surface area contributed by atoms with Crippen LogP contribution in [-0.4, -0.2) is 10.2 Å². The van der Waals surface area contributed by atoms with Crippen molar-refractivity contribution in [3.05, 3.63) is 29.3 Å². The summed E-state index contributed by atoms with van der Waals surface area (Å²) in [6.45, 7) is 0. The van der Waals surface area contributed by atoms with E-state index in [2.05, 4.69) is 17.4 Å². The fraction of sp³-hybridized carbons (Fsp3) is 0.462. The standard InChI is InChI=1S/C13H13Cl2NO/c14-13(15)7-11(13)12(17)16-10-5-4-8-2-1-3-9(8)6-10/h4-6,11H,1-3,7H2,(H,16,17). The number of benzene rings is 1. The van der Waals surface area contributed by atoms with Crippen molar-refractivity contribution in [2.24, 2.45) is 5.92 Å². The van der Waals surface area contributed by atoms with Gasteiger partial charge in [0.1, 0.15) is 4.33 Å². The van der Waals surface area contributed by atoms with E-state index in [0.29, 0.717) is 6.42 Å². The molecule has 1 saturated carbocycles. The van der Waals surface area contributed by atoms with Gasteiger partial charge in [-0.25, -0.2) is 0 Å². The van der Waals surface area contributed by atoms with Crippen molar-refractivity contribution >= 4 is 34.8 Å². The number of carbonyl (C=O) groups is 1. The fourth-order valence-corrected chi connectivity index (χ4v) is 2.88. The average Bonchev–Trinajstić information content (AvgIpc) is 2.73. The van der Waals surface area contributed by atoms with E-state index >= 15 is 0 Å². The first-order valence-corrected chi connectivity index (χ1v) is 6.62. The molecule has 0 bridgehead atoms. The molecule has 1 atom stereocenters. The Hall–Kier alpha value is -0.730. The quantitative estimate of drug-likeness (QED) is 0.821. The number of anilines is 1. The number of nitrogens with one attached hydrogen (secondary N) is 1. The maximum Gasteiger partial charge on any atom is 0.230 e. The highest BCUT2D eigenvalue weighted by atomic mass is 35.5. The third-order valence-corrected chi connectivity index (χ3v) is 4.34. The van der Waals surface area contributed by atoms with Crippen LogP contribution in [0.2, 0.25) is 0 Å². The number of alkyl halides is 2. The van der Waals surface area contributed by atoms with Gasteiger partial charge in [0.25, 0.3) is 0 Å². The topological polar surface area (TPSA) is 29.1 Å². The summed E-state index contributed by atoms with van der Waals surface area (Å²) in [5, 5.41) is 2.88. The Kier molecular flexibility index (Phi) is 2.60. The minimum Gasteiger partial charge on any atom is -0.326 e. The van der Waals surface area contributed by atoms with Crippen molar-refractivity contribution in [3.8, 4) is 0 Å². The molecule has 3 rings (SSSR count). The van der Waals surface area contributed by atoms with Crippen LogP contribution in [0.4, 0.5) is 5.69 Å². The van der Waals surface area contributed by atoms with Crippen molar-refractivity contribution in [2.45, 2.75) is 30.0 Å². The van der Waals surface area contributed by atoms with E-state index in [1.807, 2.05) is 6.07 Å². The molecule has 1 aromatic carbocycles. The third-order valence-electron chi connectivity index (χ3n) is 3.51. The Labute approximate surface area is 110 Å². The van der Waals surface area contributed by atoms with Gasteiger partial charge in [0, 0.05) is 5.69 Å². The van der Waals surface area contributed by atoms with Crippen LogP contribution in [-0.2, 0) is 17.6 Å². The van der Waals surface area contributed by atoms with Crippen LogP contribution in [0, 0.1) is 5.92 Å². The summed E-state index contributed by atoms with van der Waals surface area (Å²) in [5.74, 6) is -0.341. The van der Waals surface area contributed by atoms with E-state index in [4.69, 9.17) is 23.2 Å². The second-order valence-corrected chi connectivity index (χ2v) is 6.39. The molecule has 0 heterocycles. The molecule has 0 radical (unpaired) electrons. The highest BCUT2D eigenvalue weighted by Crippen LogP contribution is 2.53. The van der Waals surface area contributed by atoms with E-state index in [9.17, 15) is 4.79 Å². The summed E-state index contributed by atoms with van der Waals surface area (Å²) >= 11 is 11.7. The van der Waals surface area contributed by atoms with Gasteiger partial charge in [-0.2, -0.15) is 0 Å². The van der Waals surface area contributed by atoms with Crippen molar-refractivity contribution in [2.75, 3.05) is 5.32 Å². The second-order valence-electron chi connectivity index (χ2n) is 4.84. The van der Waals surface area contributed by atoms with Gasteiger partial charge in [-0.3, -0.25) is 4.79 Å². The second kappa shape index (κ2) is 3.89. The van der Waals surface area contributed by atoms with Gasteiger partial charge >= 0.3 is 0 Å². The first-order valence-electron chi connectivity index (χ1n) is 5.87. The largest absolute Gasteiger partial charge is 0.326 e. The van der Waals surface area contributed by atoms with Gasteiger partial charge in [-0.05, 0) is 48.9 Å². The molecule has 0 spiro atoms. The average molecular weight is 270 g/mol. The zero-order valence-electron chi connectivity index (χ0n) is 9.30. The zero-order valence-corrected chi connectivity index (χ0v) is 10.8. The van der Waals surface area contributed by atoms with E-state index < -0.39 is 4.33 Å². The Morgan fingerprint density at radius 1 is 1.29 bits per heavy atom. The zero-order chi connectivity index (χ0) is 12.0. The van der Waals surface area contributed by atoms with E-state index in [0.717, 1.165) is 18.5 Å². The van der Waals surface area contributed by atoms with Crippen molar-refractivity contribution < 1.29 is 4.79 Å². The third kappa shape index (κ3) is 2.16. The molecule has 2 aliphatic carbocycles. The summed E-state index contributed by atoms with van der Waals surface area (Å²) in [6, 6.07) is 6.11. The lowest BCUT2D eigenvalue weighted by atomic mass is 10.1. The molecule has 17 heavy (non-hydrogen) atoms. The smallest absolute Gasteiger partial charge is 0.230 e. The molecule has 0 aromatic heterocycles. The van der Waals surface area contributed by atoms with E-state index in [1.165, 1.54) is 17.5 Å². The summed E-state index contributed by atoms with van der Waals surface area (Å²) in [6.07, 6.45) is 4.02. The Morgan fingerprint density at radius 3 is 2.71 bits per heavy atom. The molecule has 1 amide bonds. The molecule has 0 saturated heterocycles. The molecule has 1 unspecified atom stereocenters. The Bertz CT molecular complexity index is 484. The number of aryl methyl sites for hydroxylation is 2. The fourth-order valence-electron chi connectivity index (χ4n) is 2.38. The first-order chi connectivity index (χ1) is 8.06. The van der Waals surface area contributed by atoms with Gasteiger partial charge in [0.05, 0.1) is 5.92 Å². The van der Waals surface area contributed by atoms with Crippen LogP contribution in [0.3, 0.4) is 0 Å². The SMILES string of the molecule is O=C(Nc1ccc2c(c1)CCC2)C1CC1(Cl)Cl. The van der Waals surface area contributed by atoms with Crippen LogP contribution in [0.25, 0.3) is 0 Å². The summed E-state index contributed by atoms with van der Waals surface area (Å²) in [4.78, 5) is 11.8. The monoisotopic (exact) mass is 269 g/mol. The van der Waals surface area contributed by atoms with Crippen LogP contribution in [0.1, 0.15) is 24.0 Å². The van der Waals surface area contributed by atoms with E-state index in [-0.39, 0.29) is 11.8 Å². The lowest BCUT2D eigenvalue weighted by Crippen LogP contribution is -2.16. The summed E-state index contributed by atoms with van der Waals surface area (Å²) in [7, 11) is 0. The summed E-state index contributed by atoms with van der Waals surface area (Å²) < 4.78 is -0.846. The molecular formula is C13H13Cl2NO. The minimum atomic E-state index is -0.846. The molecule has 2 nitrogen and oxygen atoms in total. The maximum absolute atomic E-state index is 11.8. The number of carbonyl (C=O) groups excluding carboxylic acids is 1. The van der Waals surface area contributed by atoms with Crippen LogP contribution < -0.4 is 5.32 Å². The van der Waals surface area contributed by atoms with Crippen molar-refractivity contribution in [3.63, 3.8) is 0 Å². The van der Waals surface area contributed by atoms with Crippen molar-refractivity contribution in [1.82, 2.24) is 0 Å². The molecule has 1 fully saturated rings. The maximum atomic E-state index is 11.8.